The van der Waals surface area contributed by atoms with Gasteiger partial charge in [0.05, 0.1) is 0 Å². The minimum atomic E-state index is -3.32. The highest BCUT2D eigenvalue weighted by Gasteiger charge is 2.38. The lowest BCUT2D eigenvalue weighted by atomic mass is 9.95. The molecule has 0 aliphatic heterocycles. The summed E-state index contributed by atoms with van der Waals surface area (Å²) in [5.74, 6) is 5.12. The molecule has 0 amide bonds. The number of rotatable bonds is 3. The van der Waals surface area contributed by atoms with Crippen LogP contribution in [0, 0.1) is 0 Å². The molecule has 1 aliphatic rings. The van der Waals surface area contributed by atoms with Crippen LogP contribution >= 0.6 is 11.6 Å². The molecule has 1 rings (SSSR count). The van der Waals surface area contributed by atoms with Gasteiger partial charge in [-0.2, -0.15) is 8.78 Å². The molecule has 1 atom stereocenters. The van der Waals surface area contributed by atoms with Gasteiger partial charge in [-0.05, 0) is 42.9 Å². The zero-order chi connectivity index (χ0) is 11.3. The first kappa shape index (κ1) is 12.9. The molecule has 1 aliphatic carbocycles. The standard InChI is InChI=1S/C10H17ClF2N2/c11-10(12,13)9(15-14)8-6-4-2-1-3-5-7-8/h6,9,15H,1-5,7,14H2. The van der Waals surface area contributed by atoms with Gasteiger partial charge in [-0.15, -0.1) is 0 Å². The molecular formula is C10H17ClF2N2. The molecule has 0 aromatic rings. The first-order valence-corrected chi connectivity index (χ1v) is 5.65. The highest BCUT2D eigenvalue weighted by molar-refractivity contribution is 6.22. The lowest BCUT2D eigenvalue weighted by Gasteiger charge is -2.24. The Morgan fingerprint density at radius 1 is 1.33 bits per heavy atom. The van der Waals surface area contributed by atoms with Gasteiger partial charge in [-0.3, -0.25) is 5.84 Å². The van der Waals surface area contributed by atoms with Crippen molar-refractivity contribution in [2.45, 2.75) is 49.9 Å². The van der Waals surface area contributed by atoms with Crippen molar-refractivity contribution in [2.24, 2.45) is 5.84 Å². The molecular weight excluding hydrogens is 222 g/mol. The number of allylic oxidation sites excluding steroid dienone is 1. The highest BCUT2D eigenvalue weighted by Crippen LogP contribution is 2.31. The Hall–Kier alpha value is -0.190. The molecule has 0 aromatic heterocycles. The van der Waals surface area contributed by atoms with E-state index >= 15 is 0 Å². The summed E-state index contributed by atoms with van der Waals surface area (Å²) in [6, 6.07) is -1.24. The fraction of sp³-hybridized carbons (Fsp3) is 0.800. The second kappa shape index (κ2) is 5.77. The summed E-state index contributed by atoms with van der Waals surface area (Å²) in [5.41, 5.74) is 2.75. The number of hydrogen-bond acceptors (Lipinski definition) is 2. The van der Waals surface area contributed by atoms with Crippen molar-refractivity contribution >= 4 is 11.6 Å². The second-order valence-electron chi connectivity index (χ2n) is 3.87. The largest absolute Gasteiger partial charge is 0.341 e. The lowest BCUT2D eigenvalue weighted by molar-refractivity contribution is 0.0624. The predicted octanol–water partition coefficient (Wildman–Crippen LogP) is 2.93. The third-order valence-corrected chi connectivity index (χ3v) is 2.91. The van der Waals surface area contributed by atoms with Gasteiger partial charge in [0.15, 0.2) is 0 Å². The molecule has 0 fully saturated rings. The summed E-state index contributed by atoms with van der Waals surface area (Å²) in [5, 5.41) is -3.32. The van der Waals surface area contributed by atoms with Crippen molar-refractivity contribution in [1.29, 1.82) is 0 Å². The molecule has 0 saturated heterocycles. The third-order valence-electron chi connectivity index (χ3n) is 2.69. The van der Waals surface area contributed by atoms with Gasteiger partial charge in [-0.25, -0.2) is 5.43 Å². The van der Waals surface area contributed by atoms with Gasteiger partial charge in [-0.1, -0.05) is 18.9 Å². The number of hydrogen-bond donors (Lipinski definition) is 2. The predicted molar refractivity (Wildman–Crippen MR) is 57.7 cm³/mol. The Bertz CT molecular complexity index is 226. The van der Waals surface area contributed by atoms with Gasteiger partial charge in [0, 0.05) is 0 Å². The maximum Gasteiger partial charge on any atom is 0.341 e. The van der Waals surface area contributed by atoms with E-state index in [1.807, 2.05) is 6.08 Å². The zero-order valence-corrected chi connectivity index (χ0v) is 9.36. The molecule has 0 bridgehead atoms. The second-order valence-corrected chi connectivity index (χ2v) is 4.38. The normalized spacial score (nSPS) is 21.5. The first-order valence-electron chi connectivity index (χ1n) is 5.27. The van der Waals surface area contributed by atoms with E-state index in [4.69, 9.17) is 17.4 Å². The molecule has 0 saturated carbocycles. The monoisotopic (exact) mass is 238 g/mol. The highest BCUT2D eigenvalue weighted by atomic mass is 35.5. The van der Waals surface area contributed by atoms with Crippen LogP contribution in [-0.4, -0.2) is 11.4 Å². The molecule has 0 radical (unpaired) electrons. The molecule has 0 spiro atoms. The van der Waals surface area contributed by atoms with Crippen molar-refractivity contribution in [2.75, 3.05) is 0 Å². The average Bonchev–Trinajstić information content (AvgIpc) is 2.07. The smallest absolute Gasteiger partial charge is 0.271 e. The SMILES string of the molecule is NNC(C1=CCCCCCC1)C(F)(F)Cl. The Balaban J connectivity index is 2.72. The van der Waals surface area contributed by atoms with Crippen LogP contribution in [0.25, 0.3) is 0 Å². The van der Waals surface area contributed by atoms with Crippen molar-refractivity contribution in [3.05, 3.63) is 11.6 Å². The van der Waals surface area contributed by atoms with Crippen LogP contribution in [0.3, 0.4) is 0 Å². The quantitative estimate of drug-likeness (QED) is 0.343. The maximum absolute atomic E-state index is 13.0. The van der Waals surface area contributed by atoms with E-state index in [2.05, 4.69) is 5.43 Å². The van der Waals surface area contributed by atoms with Crippen molar-refractivity contribution in [3.8, 4) is 0 Å². The van der Waals surface area contributed by atoms with E-state index in [1.165, 1.54) is 6.42 Å². The van der Waals surface area contributed by atoms with Crippen LogP contribution < -0.4 is 11.3 Å². The molecule has 3 N–H and O–H groups in total. The number of nitrogens with one attached hydrogen (secondary N) is 1. The summed E-state index contributed by atoms with van der Waals surface area (Å²) in [6.07, 6.45) is 7.56. The Kier molecular flexibility index (Phi) is 4.96. The summed E-state index contributed by atoms with van der Waals surface area (Å²) in [7, 11) is 0. The minimum Gasteiger partial charge on any atom is -0.271 e. The van der Waals surface area contributed by atoms with Crippen LogP contribution in [0.15, 0.2) is 11.6 Å². The van der Waals surface area contributed by atoms with E-state index in [1.54, 1.807) is 0 Å². The summed E-state index contributed by atoms with van der Waals surface area (Å²) in [6.45, 7) is 0. The molecule has 88 valence electrons. The van der Waals surface area contributed by atoms with E-state index in [0.29, 0.717) is 12.0 Å². The van der Waals surface area contributed by atoms with Crippen molar-refractivity contribution < 1.29 is 8.78 Å². The van der Waals surface area contributed by atoms with E-state index in [-0.39, 0.29) is 0 Å². The Morgan fingerprint density at radius 3 is 2.60 bits per heavy atom. The maximum atomic E-state index is 13.0. The molecule has 1 unspecified atom stereocenters. The Labute approximate surface area is 93.8 Å². The Morgan fingerprint density at radius 2 is 2.00 bits per heavy atom. The van der Waals surface area contributed by atoms with Crippen LogP contribution in [-0.2, 0) is 0 Å². The number of alkyl halides is 3. The van der Waals surface area contributed by atoms with Crippen LogP contribution in [0.1, 0.15) is 38.5 Å². The minimum absolute atomic E-state index is 0.636. The topological polar surface area (TPSA) is 38.0 Å². The van der Waals surface area contributed by atoms with Crippen LogP contribution in [0.4, 0.5) is 8.78 Å². The van der Waals surface area contributed by atoms with E-state index < -0.39 is 11.4 Å². The average molecular weight is 239 g/mol. The third kappa shape index (κ3) is 4.05. The van der Waals surface area contributed by atoms with E-state index in [0.717, 1.165) is 25.7 Å². The van der Waals surface area contributed by atoms with Gasteiger partial charge < -0.3 is 0 Å². The van der Waals surface area contributed by atoms with Crippen molar-refractivity contribution in [3.63, 3.8) is 0 Å². The molecule has 5 heteroatoms. The number of halogens is 3. The van der Waals surface area contributed by atoms with Crippen LogP contribution in [0.5, 0.6) is 0 Å². The molecule has 15 heavy (non-hydrogen) atoms. The van der Waals surface area contributed by atoms with E-state index in [9.17, 15) is 8.78 Å². The fourth-order valence-electron chi connectivity index (χ4n) is 1.89. The lowest BCUT2D eigenvalue weighted by Crippen LogP contribution is -2.46. The number of hydrazine groups is 1. The molecule has 0 heterocycles. The summed E-state index contributed by atoms with van der Waals surface area (Å²) < 4.78 is 26.0. The van der Waals surface area contributed by atoms with Crippen LogP contribution in [0.2, 0.25) is 0 Å². The van der Waals surface area contributed by atoms with Gasteiger partial charge in [0.1, 0.15) is 6.04 Å². The van der Waals surface area contributed by atoms with Gasteiger partial charge in [0.2, 0.25) is 0 Å². The summed E-state index contributed by atoms with van der Waals surface area (Å²) >= 11 is 5.01. The molecule has 2 nitrogen and oxygen atoms in total. The van der Waals surface area contributed by atoms with Gasteiger partial charge >= 0.3 is 5.38 Å². The van der Waals surface area contributed by atoms with Gasteiger partial charge in [0.25, 0.3) is 0 Å². The first-order chi connectivity index (χ1) is 7.05. The molecule has 0 aromatic carbocycles. The summed E-state index contributed by atoms with van der Waals surface area (Å²) in [4.78, 5) is 0. The number of nitrogens with two attached hydrogens (primary N) is 1. The van der Waals surface area contributed by atoms with Crippen molar-refractivity contribution in [1.82, 2.24) is 5.43 Å². The fourth-order valence-corrected chi connectivity index (χ4v) is 2.09. The zero-order valence-electron chi connectivity index (χ0n) is 8.61.